The van der Waals surface area contributed by atoms with Crippen LogP contribution in [0.2, 0.25) is 5.02 Å². The van der Waals surface area contributed by atoms with E-state index in [0.717, 1.165) is 12.1 Å². The van der Waals surface area contributed by atoms with Crippen molar-refractivity contribution in [1.82, 2.24) is 9.44 Å². The van der Waals surface area contributed by atoms with Crippen LogP contribution in [0.15, 0.2) is 12.1 Å². The summed E-state index contributed by atoms with van der Waals surface area (Å²) in [4.78, 5) is 22.7. The van der Waals surface area contributed by atoms with Gasteiger partial charge < -0.3 is 11.1 Å². The Bertz CT molecular complexity index is 708. The molecule has 0 aliphatic rings. The molecule has 0 radical (unpaired) electrons. The SMILES string of the molecule is CC(C)NS(=O)(=O)NC(=O)c1cc(NC(N)=O)c(F)cc1Cl. The number of anilines is 1. The summed E-state index contributed by atoms with van der Waals surface area (Å²) in [6.07, 6.45) is 0. The molecule has 0 spiro atoms. The summed E-state index contributed by atoms with van der Waals surface area (Å²) in [5.74, 6) is -2.02. The molecule has 11 heteroatoms. The maximum atomic E-state index is 13.5. The first-order valence-electron chi connectivity index (χ1n) is 5.91. The second kappa shape index (κ2) is 6.90. The molecule has 0 saturated heterocycles. The molecule has 0 heterocycles. The summed E-state index contributed by atoms with van der Waals surface area (Å²) in [5, 5.41) is 1.62. The fourth-order valence-corrected chi connectivity index (χ4v) is 2.74. The van der Waals surface area contributed by atoms with Crippen LogP contribution in [0.3, 0.4) is 0 Å². The van der Waals surface area contributed by atoms with Crippen LogP contribution in [0.5, 0.6) is 0 Å². The molecule has 5 N–H and O–H groups in total. The molecule has 0 atom stereocenters. The van der Waals surface area contributed by atoms with Gasteiger partial charge in [-0.25, -0.2) is 13.9 Å². The van der Waals surface area contributed by atoms with E-state index in [1.165, 1.54) is 0 Å². The van der Waals surface area contributed by atoms with E-state index in [9.17, 15) is 22.4 Å². The number of carbonyl (C=O) groups is 2. The highest BCUT2D eigenvalue weighted by atomic mass is 35.5. The number of primary amides is 1. The molecule has 3 amide bonds. The Hall–Kier alpha value is -1.91. The molecule has 122 valence electrons. The van der Waals surface area contributed by atoms with Crippen LogP contribution in [0, 0.1) is 5.82 Å². The van der Waals surface area contributed by atoms with Gasteiger partial charge in [-0.15, -0.1) is 0 Å². The molecule has 1 aromatic rings. The molecule has 0 aliphatic heterocycles. The number of rotatable bonds is 5. The second-order valence-corrected chi connectivity index (χ2v) is 6.36. The number of hydrogen-bond acceptors (Lipinski definition) is 4. The number of benzene rings is 1. The van der Waals surface area contributed by atoms with E-state index in [0.29, 0.717) is 0 Å². The third kappa shape index (κ3) is 5.13. The van der Waals surface area contributed by atoms with Crippen molar-refractivity contribution in [3.05, 3.63) is 28.5 Å². The van der Waals surface area contributed by atoms with Crippen LogP contribution >= 0.6 is 11.6 Å². The number of nitrogens with two attached hydrogens (primary N) is 1. The van der Waals surface area contributed by atoms with E-state index in [1.54, 1.807) is 18.6 Å². The summed E-state index contributed by atoms with van der Waals surface area (Å²) in [6.45, 7) is 3.12. The molecular formula is C11H14ClFN4O4S. The van der Waals surface area contributed by atoms with Gasteiger partial charge in [0.05, 0.1) is 16.3 Å². The molecule has 0 bridgehead atoms. The van der Waals surface area contributed by atoms with Crippen LogP contribution in [0.1, 0.15) is 24.2 Å². The molecule has 1 rings (SSSR count). The van der Waals surface area contributed by atoms with Gasteiger partial charge in [0.25, 0.3) is 5.91 Å². The van der Waals surface area contributed by atoms with Crippen molar-refractivity contribution in [1.29, 1.82) is 0 Å². The standard InChI is InChI=1S/C11H14ClFN4O4S/c1-5(2)16-22(20,21)17-10(18)6-3-9(15-11(14)19)8(13)4-7(6)12/h3-5,16H,1-2H3,(H,17,18)(H3,14,15,19). The zero-order valence-electron chi connectivity index (χ0n) is 11.6. The lowest BCUT2D eigenvalue weighted by Gasteiger charge is -2.12. The van der Waals surface area contributed by atoms with E-state index in [-0.39, 0.29) is 10.6 Å². The van der Waals surface area contributed by atoms with E-state index < -0.39 is 39.7 Å². The lowest BCUT2D eigenvalue weighted by atomic mass is 10.2. The topological polar surface area (TPSA) is 130 Å². The lowest BCUT2D eigenvalue weighted by molar-refractivity contribution is 0.0981. The average Bonchev–Trinajstić information content (AvgIpc) is 2.29. The van der Waals surface area contributed by atoms with Gasteiger partial charge in [-0.3, -0.25) is 4.79 Å². The van der Waals surface area contributed by atoms with Crippen molar-refractivity contribution < 1.29 is 22.4 Å². The molecule has 0 aromatic heterocycles. The largest absolute Gasteiger partial charge is 0.351 e. The molecule has 0 unspecified atom stereocenters. The minimum Gasteiger partial charge on any atom is -0.351 e. The summed E-state index contributed by atoms with van der Waals surface area (Å²) in [6, 6.07) is 0.134. The third-order valence-electron chi connectivity index (χ3n) is 2.18. The van der Waals surface area contributed by atoms with E-state index in [4.69, 9.17) is 17.3 Å². The van der Waals surface area contributed by atoms with Crippen molar-refractivity contribution in [3.63, 3.8) is 0 Å². The highest BCUT2D eigenvalue weighted by Crippen LogP contribution is 2.24. The van der Waals surface area contributed by atoms with Gasteiger partial charge in [0.2, 0.25) is 0 Å². The molecule has 0 saturated carbocycles. The van der Waals surface area contributed by atoms with Crippen molar-refractivity contribution in [2.45, 2.75) is 19.9 Å². The summed E-state index contributed by atoms with van der Waals surface area (Å²) >= 11 is 5.71. The number of hydrogen-bond donors (Lipinski definition) is 4. The number of carbonyl (C=O) groups excluding carboxylic acids is 2. The molecule has 22 heavy (non-hydrogen) atoms. The van der Waals surface area contributed by atoms with Crippen molar-refractivity contribution in [2.75, 3.05) is 5.32 Å². The van der Waals surface area contributed by atoms with Gasteiger partial charge in [-0.1, -0.05) is 11.6 Å². The summed E-state index contributed by atoms with van der Waals surface area (Å²) in [5.41, 5.74) is 4.11. The Morgan fingerprint density at radius 2 is 1.91 bits per heavy atom. The fraction of sp³-hybridized carbons (Fsp3) is 0.273. The molecule has 0 aliphatic carbocycles. The van der Waals surface area contributed by atoms with E-state index >= 15 is 0 Å². The maximum absolute atomic E-state index is 13.5. The van der Waals surface area contributed by atoms with E-state index in [2.05, 4.69) is 4.72 Å². The Morgan fingerprint density at radius 1 is 1.32 bits per heavy atom. The van der Waals surface area contributed by atoms with Gasteiger partial charge in [-0.2, -0.15) is 13.1 Å². The normalized spacial score (nSPS) is 11.3. The van der Waals surface area contributed by atoms with Gasteiger partial charge in [-0.05, 0) is 26.0 Å². The zero-order chi connectivity index (χ0) is 17.1. The first-order chi connectivity index (χ1) is 10.0. The highest BCUT2D eigenvalue weighted by molar-refractivity contribution is 7.88. The van der Waals surface area contributed by atoms with Gasteiger partial charge in [0.15, 0.2) is 0 Å². The average molecular weight is 353 g/mol. The Morgan fingerprint density at radius 3 is 2.41 bits per heavy atom. The predicted octanol–water partition coefficient (Wildman–Crippen LogP) is 0.942. The lowest BCUT2D eigenvalue weighted by Crippen LogP contribution is -2.43. The highest BCUT2D eigenvalue weighted by Gasteiger charge is 2.21. The van der Waals surface area contributed by atoms with Crippen molar-refractivity contribution in [2.24, 2.45) is 5.73 Å². The Labute approximate surface area is 131 Å². The van der Waals surface area contributed by atoms with Crippen molar-refractivity contribution >= 4 is 39.4 Å². The number of halogens is 2. The Kier molecular flexibility index (Phi) is 5.69. The van der Waals surface area contributed by atoms with Gasteiger partial charge in [0, 0.05) is 6.04 Å². The van der Waals surface area contributed by atoms with E-state index in [1.807, 2.05) is 5.32 Å². The smallest absolute Gasteiger partial charge is 0.316 e. The second-order valence-electron chi connectivity index (χ2n) is 4.51. The fourth-order valence-electron chi connectivity index (χ4n) is 1.47. The first-order valence-corrected chi connectivity index (χ1v) is 7.78. The Balaban J connectivity index is 3.10. The quantitative estimate of drug-likeness (QED) is 0.628. The minimum atomic E-state index is -4.10. The van der Waals surface area contributed by atoms with Crippen LogP contribution in [-0.4, -0.2) is 26.4 Å². The summed E-state index contributed by atoms with van der Waals surface area (Å²) < 4.78 is 40.6. The minimum absolute atomic E-state index is 0.329. The third-order valence-corrected chi connectivity index (χ3v) is 3.73. The molecule has 0 fully saturated rings. The monoisotopic (exact) mass is 352 g/mol. The summed E-state index contributed by atoms with van der Waals surface area (Å²) in [7, 11) is -4.10. The molecule has 1 aromatic carbocycles. The van der Waals surface area contributed by atoms with Crippen LogP contribution in [-0.2, 0) is 10.2 Å². The maximum Gasteiger partial charge on any atom is 0.316 e. The molecule has 8 nitrogen and oxygen atoms in total. The number of urea groups is 1. The number of amides is 3. The molecular weight excluding hydrogens is 339 g/mol. The number of nitrogens with one attached hydrogen (secondary N) is 3. The van der Waals surface area contributed by atoms with Gasteiger partial charge in [0.1, 0.15) is 5.82 Å². The zero-order valence-corrected chi connectivity index (χ0v) is 13.2. The van der Waals surface area contributed by atoms with Crippen LogP contribution in [0.25, 0.3) is 0 Å². The van der Waals surface area contributed by atoms with Gasteiger partial charge >= 0.3 is 16.2 Å². The predicted molar refractivity (Wildman–Crippen MR) is 79.3 cm³/mol. The first kappa shape index (κ1) is 18.1. The van der Waals surface area contributed by atoms with Crippen molar-refractivity contribution in [3.8, 4) is 0 Å². The van der Waals surface area contributed by atoms with Crippen LogP contribution in [0.4, 0.5) is 14.9 Å². The van der Waals surface area contributed by atoms with Crippen LogP contribution < -0.4 is 20.5 Å².